The first-order chi connectivity index (χ1) is 17.8. The van der Waals surface area contributed by atoms with Crippen molar-refractivity contribution >= 4 is 26.6 Å². The fraction of sp³-hybridized carbons (Fsp3) is 0.286. The number of H-pyrrole nitrogens is 1. The van der Waals surface area contributed by atoms with E-state index in [9.17, 15) is 22.4 Å². The molecule has 2 N–H and O–H groups in total. The Balaban J connectivity index is 2.01. The van der Waals surface area contributed by atoms with E-state index in [0.29, 0.717) is 39.1 Å². The Bertz CT molecular complexity index is 1710. The van der Waals surface area contributed by atoms with Crippen molar-refractivity contribution < 1.29 is 22.3 Å². The molecule has 0 aliphatic carbocycles. The molecule has 2 aromatic carbocycles. The second-order valence-electron chi connectivity index (χ2n) is 9.59. The third kappa shape index (κ3) is 5.08. The van der Waals surface area contributed by atoms with Crippen molar-refractivity contribution in [1.29, 1.82) is 0 Å². The summed E-state index contributed by atoms with van der Waals surface area (Å²) in [5.74, 6) is -0.121. The molecule has 2 aromatic heterocycles. The molecule has 200 valence electrons. The van der Waals surface area contributed by atoms with E-state index >= 15 is 0 Å². The number of benzene rings is 2. The highest BCUT2D eigenvalue weighted by atomic mass is 32.2. The lowest BCUT2D eigenvalue weighted by molar-refractivity contribution is 0.0939. The third-order valence-corrected chi connectivity index (χ3v) is 7.98. The number of carbonyl (C=O) groups is 1. The number of nitrogens with one attached hydrogen (secondary N) is 2. The first-order valence-electron chi connectivity index (χ1n) is 12.2. The summed E-state index contributed by atoms with van der Waals surface area (Å²) in [6.07, 6.45) is 1.58. The monoisotopic (exact) mass is 539 g/mol. The van der Waals surface area contributed by atoms with Crippen molar-refractivity contribution in [3.8, 4) is 22.6 Å². The largest absolute Gasteiger partial charge is 0.456 e. The zero-order valence-electron chi connectivity index (χ0n) is 22.1. The number of carbonyl (C=O) groups excluding carboxylic acids is 1. The molecule has 0 spiro atoms. The molecule has 4 rings (SSSR count). The SMILES string of the molecule is CCS(=O)(=O)c1ccc(Oc2c(C)cc(F)cc2C)c(-c2cn(C)c(=O)c3[nH]c(C(=O)NC(C)C)cc23)c1. The summed E-state index contributed by atoms with van der Waals surface area (Å²) in [5, 5.41) is 3.23. The van der Waals surface area contributed by atoms with E-state index in [1.54, 1.807) is 46.1 Å². The Kier molecular flexibility index (Phi) is 7.20. The normalized spacial score (nSPS) is 11.8. The minimum absolute atomic E-state index is 0.0882. The van der Waals surface area contributed by atoms with Crippen LogP contribution < -0.4 is 15.6 Å². The van der Waals surface area contributed by atoms with Crippen molar-refractivity contribution in [1.82, 2.24) is 14.9 Å². The molecule has 8 nitrogen and oxygen atoms in total. The van der Waals surface area contributed by atoms with Crippen molar-refractivity contribution in [2.24, 2.45) is 7.05 Å². The molecule has 0 atom stereocenters. The molecule has 0 aliphatic heterocycles. The number of amides is 1. The highest BCUT2D eigenvalue weighted by Gasteiger charge is 2.22. The topological polar surface area (TPSA) is 110 Å². The molecule has 0 bridgehead atoms. The smallest absolute Gasteiger partial charge is 0.274 e. The Hall–Kier alpha value is -3.92. The number of fused-ring (bicyclic) bond motifs is 1. The molecular weight excluding hydrogens is 509 g/mol. The summed E-state index contributed by atoms with van der Waals surface area (Å²) in [6.45, 7) is 8.65. The third-order valence-electron chi connectivity index (χ3n) is 6.25. The van der Waals surface area contributed by atoms with Gasteiger partial charge in [0.2, 0.25) is 0 Å². The second-order valence-corrected chi connectivity index (χ2v) is 11.9. The van der Waals surface area contributed by atoms with Crippen LogP contribution in [0.3, 0.4) is 0 Å². The zero-order chi connectivity index (χ0) is 27.9. The zero-order valence-corrected chi connectivity index (χ0v) is 22.9. The van der Waals surface area contributed by atoms with Crippen LogP contribution in [0.4, 0.5) is 4.39 Å². The maximum atomic E-state index is 13.9. The number of sulfone groups is 1. The highest BCUT2D eigenvalue weighted by molar-refractivity contribution is 7.91. The molecule has 0 unspecified atom stereocenters. The number of nitrogens with zero attached hydrogens (tertiary/aromatic N) is 1. The molecule has 0 radical (unpaired) electrons. The van der Waals surface area contributed by atoms with E-state index in [2.05, 4.69) is 10.3 Å². The minimum Gasteiger partial charge on any atom is -0.456 e. The molecule has 0 saturated carbocycles. The van der Waals surface area contributed by atoms with Crippen LogP contribution in [0, 0.1) is 19.7 Å². The Labute approximate surface area is 220 Å². The van der Waals surface area contributed by atoms with Crippen LogP contribution in [0.5, 0.6) is 11.5 Å². The van der Waals surface area contributed by atoms with Crippen molar-refractivity contribution in [2.45, 2.75) is 45.6 Å². The summed E-state index contributed by atoms with van der Waals surface area (Å²) < 4.78 is 47.1. The molecule has 10 heteroatoms. The van der Waals surface area contributed by atoms with E-state index in [4.69, 9.17) is 4.74 Å². The molecule has 0 saturated heterocycles. The molecule has 4 aromatic rings. The lowest BCUT2D eigenvalue weighted by Gasteiger charge is -2.17. The van der Waals surface area contributed by atoms with Gasteiger partial charge in [0.05, 0.1) is 10.6 Å². The standard InChI is InChI=1S/C28H30FN3O5S/c1-7-38(35,36)19-8-9-24(37-26-16(4)10-18(29)11-17(26)5)20(12-19)22-14-32(6)28(34)25-21(22)13-23(31-25)27(33)30-15(2)3/h8-15,31H,7H2,1-6H3,(H,30,33). The summed E-state index contributed by atoms with van der Waals surface area (Å²) >= 11 is 0. The van der Waals surface area contributed by atoms with Gasteiger partial charge in [0, 0.05) is 35.8 Å². The predicted octanol–water partition coefficient (Wildman–Crippen LogP) is 5.01. The van der Waals surface area contributed by atoms with E-state index in [1.165, 1.54) is 28.8 Å². The van der Waals surface area contributed by atoms with Crippen LogP contribution in [-0.2, 0) is 16.9 Å². The van der Waals surface area contributed by atoms with Crippen molar-refractivity contribution in [3.05, 3.63) is 75.6 Å². The maximum absolute atomic E-state index is 13.9. The number of pyridine rings is 1. The van der Waals surface area contributed by atoms with Crippen LogP contribution in [-0.4, -0.2) is 35.7 Å². The van der Waals surface area contributed by atoms with Gasteiger partial charge < -0.3 is 19.6 Å². The van der Waals surface area contributed by atoms with Gasteiger partial charge in [-0.2, -0.15) is 0 Å². The minimum atomic E-state index is -3.58. The Morgan fingerprint density at radius 2 is 1.76 bits per heavy atom. The van der Waals surface area contributed by atoms with E-state index in [-0.39, 0.29) is 39.4 Å². The van der Waals surface area contributed by atoms with Gasteiger partial charge in [0.1, 0.15) is 28.5 Å². The quantitative estimate of drug-likeness (QED) is 0.343. The van der Waals surface area contributed by atoms with Gasteiger partial charge in [-0.05, 0) is 75.2 Å². The molecule has 38 heavy (non-hydrogen) atoms. The lowest BCUT2D eigenvalue weighted by atomic mass is 10.0. The number of aryl methyl sites for hydroxylation is 3. The predicted molar refractivity (Wildman–Crippen MR) is 145 cm³/mol. The van der Waals surface area contributed by atoms with E-state index in [1.807, 2.05) is 13.8 Å². The van der Waals surface area contributed by atoms with Gasteiger partial charge in [-0.3, -0.25) is 9.59 Å². The van der Waals surface area contributed by atoms with Crippen LogP contribution in [0.1, 0.15) is 42.4 Å². The number of ether oxygens (including phenoxy) is 1. The molecule has 2 heterocycles. The fourth-order valence-electron chi connectivity index (χ4n) is 4.35. The fourth-order valence-corrected chi connectivity index (χ4v) is 5.25. The van der Waals surface area contributed by atoms with Gasteiger partial charge in [0.15, 0.2) is 9.84 Å². The summed E-state index contributed by atoms with van der Waals surface area (Å²) in [7, 11) is -2.01. The number of hydrogen-bond acceptors (Lipinski definition) is 5. The number of rotatable bonds is 7. The molecule has 0 aliphatic rings. The van der Waals surface area contributed by atoms with Gasteiger partial charge in [-0.25, -0.2) is 12.8 Å². The average molecular weight is 540 g/mol. The van der Waals surface area contributed by atoms with Crippen LogP contribution in [0.15, 0.2) is 52.3 Å². The van der Waals surface area contributed by atoms with Gasteiger partial charge in [0.25, 0.3) is 11.5 Å². The number of halogens is 1. The summed E-state index contributed by atoms with van der Waals surface area (Å²) in [4.78, 5) is 28.7. The van der Waals surface area contributed by atoms with E-state index in [0.717, 1.165) is 0 Å². The van der Waals surface area contributed by atoms with E-state index < -0.39 is 15.7 Å². The molecule has 0 fully saturated rings. The van der Waals surface area contributed by atoms with Gasteiger partial charge in [-0.1, -0.05) is 6.92 Å². The molecule has 1 amide bonds. The van der Waals surface area contributed by atoms with Crippen LogP contribution in [0.2, 0.25) is 0 Å². The second kappa shape index (κ2) is 10.1. The Morgan fingerprint density at radius 1 is 1.11 bits per heavy atom. The molecular formula is C28H30FN3O5S. The van der Waals surface area contributed by atoms with Crippen molar-refractivity contribution in [3.63, 3.8) is 0 Å². The van der Waals surface area contributed by atoms with Gasteiger partial charge >= 0.3 is 0 Å². The summed E-state index contributed by atoms with van der Waals surface area (Å²) in [5.41, 5.74) is 2.07. The summed E-state index contributed by atoms with van der Waals surface area (Å²) in [6, 6.07) is 8.68. The van der Waals surface area contributed by atoms with Crippen molar-refractivity contribution in [2.75, 3.05) is 5.75 Å². The lowest BCUT2D eigenvalue weighted by Crippen LogP contribution is -2.30. The number of aromatic nitrogens is 2. The first kappa shape index (κ1) is 27.1. The average Bonchev–Trinajstić information content (AvgIpc) is 3.29. The van der Waals surface area contributed by atoms with Gasteiger partial charge in [-0.15, -0.1) is 0 Å². The maximum Gasteiger partial charge on any atom is 0.274 e. The Morgan fingerprint density at radius 3 is 2.37 bits per heavy atom. The first-order valence-corrected chi connectivity index (χ1v) is 13.8. The van der Waals surface area contributed by atoms with Crippen LogP contribution >= 0.6 is 0 Å². The number of hydrogen-bond donors (Lipinski definition) is 2. The van der Waals surface area contributed by atoms with Crippen LogP contribution in [0.25, 0.3) is 22.0 Å². The highest BCUT2D eigenvalue weighted by Crippen LogP contribution is 2.40. The number of aromatic amines is 1.